The zero-order chi connectivity index (χ0) is 29.7. The molecule has 0 unspecified atom stereocenters. The molecule has 1 amide bonds. The third-order valence-corrected chi connectivity index (χ3v) is 6.59. The van der Waals surface area contributed by atoms with Crippen molar-refractivity contribution in [1.82, 2.24) is 19.9 Å². The number of piperazine rings is 1. The number of nitro groups is 1. The minimum Gasteiger partial charge on any atom is -0.444 e. The molecule has 4 rings (SSSR count). The van der Waals surface area contributed by atoms with E-state index in [1.807, 2.05) is 26.8 Å². The summed E-state index contributed by atoms with van der Waals surface area (Å²) in [6.45, 7) is 8.44. The lowest BCUT2D eigenvalue weighted by Gasteiger charge is -2.37. The maximum absolute atomic E-state index is 12.5. The number of hydrogen-bond donors (Lipinski definition) is 3. The lowest BCUT2D eigenvalue weighted by molar-refractivity contribution is -0.384. The zero-order valence-corrected chi connectivity index (χ0v) is 24.4. The van der Waals surface area contributed by atoms with Crippen molar-refractivity contribution in [3.63, 3.8) is 0 Å². The fourth-order valence-corrected chi connectivity index (χ4v) is 4.61. The summed E-state index contributed by atoms with van der Waals surface area (Å²) in [4.78, 5) is 39.9. The Kier molecular flexibility index (Phi) is 9.18. The normalized spacial score (nSPS) is 13.6. The van der Waals surface area contributed by atoms with E-state index in [1.165, 1.54) is 12.1 Å². The number of anilines is 4. The van der Waals surface area contributed by atoms with Crippen LogP contribution < -0.4 is 21.3 Å². The summed E-state index contributed by atoms with van der Waals surface area (Å²) in [5.41, 5.74) is 6.92. The van der Waals surface area contributed by atoms with Gasteiger partial charge in [-0.25, -0.2) is 19.7 Å². The van der Waals surface area contributed by atoms with Crippen molar-refractivity contribution in [2.24, 2.45) is 0 Å². The minimum atomic E-state index is -0.583. The quantitative estimate of drug-likeness (QED) is 0.182. The highest BCUT2D eigenvalue weighted by Crippen LogP contribution is 2.36. The van der Waals surface area contributed by atoms with Crippen molar-refractivity contribution in [2.75, 3.05) is 60.5 Å². The van der Waals surface area contributed by atoms with E-state index >= 15 is 0 Å². The molecule has 0 spiro atoms. The molecule has 1 aliphatic heterocycles. The second-order valence-corrected chi connectivity index (χ2v) is 11.1. The smallest absolute Gasteiger partial charge is 0.410 e. The van der Waals surface area contributed by atoms with E-state index in [0.29, 0.717) is 72.3 Å². The summed E-state index contributed by atoms with van der Waals surface area (Å²) in [7, 11) is 0. The van der Waals surface area contributed by atoms with Crippen molar-refractivity contribution in [2.45, 2.75) is 26.4 Å². The van der Waals surface area contributed by atoms with E-state index in [1.54, 1.807) is 23.2 Å². The number of benzene rings is 1. The molecule has 4 N–H and O–H groups in total. The number of hydrogen-bond acceptors (Lipinski definition) is 11. The summed E-state index contributed by atoms with van der Waals surface area (Å²) >= 11 is 12.7. The highest BCUT2D eigenvalue weighted by atomic mass is 35.5. The maximum atomic E-state index is 12.5. The highest BCUT2D eigenvalue weighted by molar-refractivity contribution is 6.36. The Morgan fingerprint density at radius 2 is 1.80 bits per heavy atom. The second kappa shape index (κ2) is 12.6. The van der Waals surface area contributed by atoms with Crippen molar-refractivity contribution in [1.29, 1.82) is 0 Å². The molecule has 1 saturated heterocycles. The average Bonchev–Trinajstić information content (AvgIpc) is 2.90. The van der Waals surface area contributed by atoms with Gasteiger partial charge in [0.2, 0.25) is 11.8 Å². The summed E-state index contributed by atoms with van der Waals surface area (Å²) in [6, 6.07) is 8.00. The molecule has 3 heterocycles. The Bertz CT molecular complexity index is 1430. The van der Waals surface area contributed by atoms with E-state index in [9.17, 15) is 14.9 Å². The van der Waals surface area contributed by atoms with Gasteiger partial charge >= 0.3 is 11.8 Å². The van der Waals surface area contributed by atoms with Crippen LogP contribution in [0.4, 0.5) is 33.8 Å². The molecule has 1 aliphatic rings. The third kappa shape index (κ3) is 7.76. The fraction of sp³-hybridized carbons (Fsp3) is 0.385. The van der Waals surface area contributed by atoms with Gasteiger partial charge in [-0.1, -0.05) is 23.2 Å². The van der Waals surface area contributed by atoms with Gasteiger partial charge in [-0.15, -0.1) is 0 Å². The molecule has 41 heavy (non-hydrogen) atoms. The van der Waals surface area contributed by atoms with Crippen LogP contribution in [0, 0.1) is 10.1 Å². The molecule has 1 fully saturated rings. The van der Waals surface area contributed by atoms with Gasteiger partial charge < -0.3 is 30.9 Å². The predicted octanol–water partition coefficient (Wildman–Crippen LogP) is 4.92. The first-order valence-corrected chi connectivity index (χ1v) is 13.6. The van der Waals surface area contributed by atoms with Crippen LogP contribution in [0.25, 0.3) is 11.3 Å². The number of carbonyl (C=O) groups is 1. The highest BCUT2D eigenvalue weighted by Gasteiger charge is 2.28. The Hall–Kier alpha value is -4.10. The Labute approximate surface area is 247 Å². The van der Waals surface area contributed by atoms with E-state index in [-0.39, 0.29) is 17.6 Å². The number of nitrogens with one attached hydrogen (secondary N) is 2. The summed E-state index contributed by atoms with van der Waals surface area (Å²) in [5, 5.41) is 18.1. The van der Waals surface area contributed by atoms with Crippen LogP contribution in [0.3, 0.4) is 0 Å². The minimum absolute atomic E-state index is 0.164. The van der Waals surface area contributed by atoms with Crippen molar-refractivity contribution < 1.29 is 14.5 Å². The molecule has 0 radical (unpaired) electrons. The molecule has 2 aromatic heterocycles. The van der Waals surface area contributed by atoms with Gasteiger partial charge in [0.1, 0.15) is 17.1 Å². The summed E-state index contributed by atoms with van der Waals surface area (Å²) in [5.74, 6) is 0.619. The molecule has 0 bridgehead atoms. The predicted molar refractivity (Wildman–Crippen MR) is 160 cm³/mol. The number of ether oxygens (including phenoxy) is 1. The lowest BCUT2D eigenvalue weighted by Crippen LogP contribution is -2.50. The number of nitrogens with two attached hydrogens (primary N) is 1. The molecule has 3 aromatic rings. The van der Waals surface area contributed by atoms with Gasteiger partial charge in [0.15, 0.2) is 0 Å². The van der Waals surface area contributed by atoms with Crippen LogP contribution in [0.15, 0.2) is 36.5 Å². The molecule has 13 nitrogen and oxygen atoms in total. The van der Waals surface area contributed by atoms with Gasteiger partial charge in [-0.2, -0.15) is 0 Å². The Morgan fingerprint density at radius 1 is 1.10 bits per heavy atom. The fourth-order valence-electron chi connectivity index (χ4n) is 4.11. The molecule has 15 heteroatoms. The van der Waals surface area contributed by atoms with E-state index in [0.717, 1.165) is 5.69 Å². The summed E-state index contributed by atoms with van der Waals surface area (Å²) < 4.78 is 5.51. The largest absolute Gasteiger partial charge is 0.444 e. The maximum Gasteiger partial charge on any atom is 0.410 e. The molecule has 0 aliphatic carbocycles. The number of nitrogen functional groups attached to an aromatic ring is 1. The number of halogens is 2. The molecule has 0 saturated carbocycles. The molecule has 1 aromatic carbocycles. The second-order valence-electron chi connectivity index (χ2n) is 10.2. The van der Waals surface area contributed by atoms with E-state index < -0.39 is 10.5 Å². The lowest BCUT2D eigenvalue weighted by atomic mass is 10.1. The Morgan fingerprint density at radius 3 is 2.44 bits per heavy atom. The van der Waals surface area contributed by atoms with Crippen molar-refractivity contribution >= 4 is 58.3 Å². The number of aromatic nitrogens is 3. The Balaban J connectivity index is 1.47. The number of nitrogens with zero attached hydrogens (tertiary/aromatic N) is 6. The molecular weight excluding hydrogens is 573 g/mol. The van der Waals surface area contributed by atoms with Crippen LogP contribution in [0.5, 0.6) is 0 Å². The third-order valence-electron chi connectivity index (χ3n) is 6.04. The monoisotopic (exact) mass is 603 g/mol. The number of rotatable bonds is 8. The van der Waals surface area contributed by atoms with Crippen LogP contribution >= 0.6 is 23.2 Å². The molecule has 218 valence electrons. The van der Waals surface area contributed by atoms with Crippen LogP contribution in [-0.2, 0) is 4.74 Å². The van der Waals surface area contributed by atoms with Crippen LogP contribution in [-0.4, -0.2) is 75.7 Å². The van der Waals surface area contributed by atoms with Crippen molar-refractivity contribution in [3.8, 4) is 11.3 Å². The SMILES string of the molecule is CC(C)(C)OC(=O)N1CCN(c2cnc(NCCNc3ccc([N+](=O)[O-])c(N)n3)nc2-c2ccc(Cl)cc2Cl)CC1. The molecular formula is C26H31Cl2N9O4. The standard InChI is InChI=1S/C26H31Cl2N9O4/c1-26(2,3)41-25(38)36-12-10-35(11-13-36)20-15-32-24(34-22(20)17-5-4-16(27)14-18(17)28)31-9-8-30-21-7-6-19(37(39)40)23(29)33-21/h4-7,14-15H,8-13H2,1-3H3,(H3,29,30,33)(H,31,32,34). The first kappa shape index (κ1) is 29.9. The van der Waals surface area contributed by atoms with E-state index in [4.69, 9.17) is 38.7 Å². The van der Waals surface area contributed by atoms with Gasteiger partial charge in [0.25, 0.3) is 0 Å². The first-order valence-electron chi connectivity index (χ1n) is 12.9. The van der Waals surface area contributed by atoms with Gasteiger partial charge in [0.05, 0.1) is 21.8 Å². The van der Waals surface area contributed by atoms with Crippen LogP contribution in [0.1, 0.15) is 20.8 Å². The molecule has 0 atom stereocenters. The van der Waals surface area contributed by atoms with Gasteiger partial charge in [0, 0.05) is 55.9 Å². The first-order chi connectivity index (χ1) is 19.4. The van der Waals surface area contributed by atoms with Crippen LogP contribution in [0.2, 0.25) is 10.0 Å². The topological polar surface area (TPSA) is 165 Å². The summed E-state index contributed by atoms with van der Waals surface area (Å²) in [6.07, 6.45) is 1.39. The van der Waals surface area contributed by atoms with Crippen molar-refractivity contribution in [3.05, 3.63) is 56.7 Å². The van der Waals surface area contributed by atoms with E-state index in [2.05, 4.69) is 25.5 Å². The number of pyridine rings is 1. The number of carbonyl (C=O) groups excluding carboxylic acids is 1. The van der Waals surface area contributed by atoms with Gasteiger partial charge in [-0.3, -0.25) is 10.1 Å². The number of amides is 1. The van der Waals surface area contributed by atoms with Gasteiger partial charge in [-0.05, 0) is 45.0 Å². The zero-order valence-electron chi connectivity index (χ0n) is 22.9. The average molecular weight is 604 g/mol.